The lowest BCUT2D eigenvalue weighted by Gasteiger charge is -2.43. The molecule has 4 rings (SSSR count). The molecule has 1 amide bonds. The van der Waals surface area contributed by atoms with E-state index in [2.05, 4.69) is 10.6 Å². The van der Waals surface area contributed by atoms with Crippen molar-refractivity contribution >= 4 is 5.91 Å². The summed E-state index contributed by atoms with van der Waals surface area (Å²) >= 11 is 0. The molecule has 2 fully saturated rings. The lowest BCUT2D eigenvalue weighted by atomic mass is 9.76. The third-order valence-corrected chi connectivity index (χ3v) is 7.19. The fourth-order valence-electron chi connectivity index (χ4n) is 5.00. The molecule has 2 aromatic carbocycles. The van der Waals surface area contributed by atoms with Gasteiger partial charge in [0, 0.05) is 18.4 Å². The highest BCUT2D eigenvalue weighted by Crippen LogP contribution is 2.39. The molecule has 2 aliphatic rings. The van der Waals surface area contributed by atoms with E-state index in [0.29, 0.717) is 37.9 Å². The Bertz CT molecular complexity index is 1030. The first-order valence-corrected chi connectivity index (χ1v) is 11.4. The van der Waals surface area contributed by atoms with Crippen LogP contribution in [0.4, 0.5) is 26.3 Å². The van der Waals surface area contributed by atoms with Gasteiger partial charge in [0.15, 0.2) is 0 Å². The second-order valence-corrected chi connectivity index (χ2v) is 9.55. The first kappa shape index (κ1) is 25.5. The molecule has 190 valence electrons. The Kier molecular flexibility index (Phi) is 6.65. The highest BCUT2D eigenvalue weighted by atomic mass is 19.4. The largest absolute Gasteiger partial charge is 0.416 e. The molecule has 4 nitrogen and oxygen atoms in total. The molecule has 2 saturated heterocycles. The quantitative estimate of drug-likeness (QED) is 0.584. The number of halogens is 6. The van der Waals surface area contributed by atoms with Crippen molar-refractivity contribution in [2.24, 2.45) is 0 Å². The number of nitrogens with two attached hydrogens (primary N) is 1. The highest BCUT2D eigenvalue weighted by molar-refractivity contribution is 5.79. The summed E-state index contributed by atoms with van der Waals surface area (Å²) in [6, 6.07) is 11.0. The van der Waals surface area contributed by atoms with Gasteiger partial charge in [-0.15, -0.1) is 0 Å². The van der Waals surface area contributed by atoms with Gasteiger partial charge in [0.2, 0.25) is 5.91 Å². The average Bonchev–Trinajstić information content (AvgIpc) is 3.18. The van der Waals surface area contributed by atoms with E-state index >= 15 is 0 Å². The minimum atomic E-state index is -4.92. The monoisotopic (exact) mass is 501 g/mol. The predicted molar refractivity (Wildman–Crippen MR) is 115 cm³/mol. The maximum absolute atomic E-state index is 13.3. The number of piperidine rings is 1. The number of hydrogen-bond donors (Lipinski definition) is 2. The zero-order valence-electron chi connectivity index (χ0n) is 19.1. The zero-order chi connectivity index (χ0) is 25.5. The minimum absolute atomic E-state index is 0.0144. The molecule has 35 heavy (non-hydrogen) atoms. The lowest BCUT2D eigenvalue weighted by Crippen LogP contribution is -3.01. The molecule has 0 bridgehead atoms. The van der Waals surface area contributed by atoms with Gasteiger partial charge >= 0.3 is 12.4 Å². The average molecular weight is 501 g/mol. The van der Waals surface area contributed by atoms with Gasteiger partial charge in [-0.2, -0.15) is 26.3 Å². The highest BCUT2D eigenvalue weighted by Gasteiger charge is 2.50. The number of benzene rings is 2. The van der Waals surface area contributed by atoms with E-state index in [9.17, 15) is 31.1 Å². The van der Waals surface area contributed by atoms with E-state index in [-0.39, 0.29) is 29.7 Å². The van der Waals surface area contributed by atoms with Crippen LogP contribution in [0.1, 0.15) is 61.0 Å². The summed E-state index contributed by atoms with van der Waals surface area (Å²) in [5.41, 5.74) is -2.85. The van der Waals surface area contributed by atoms with Crippen LogP contribution in [0.5, 0.6) is 0 Å². The number of rotatable bonds is 5. The van der Waals surface area contributed by atoms with Gasteiger partial charge < -0.3 is 15.4 Å². The number of carbonyl (C=O) groups excluding carboxylic acids is 1. The van der Waals surface area contributed by atoms with Gasteiger partial charge in [-0.3, -0.25) is 4.79 Å². The molecule has 2 heterocycles. The smallest absolute Gasteiger partial charge is 0.367 e. The van der Waals surface area contributed by atoms with Crippen molar-refractivity contribution in [2.45, 2.75) is 62.1 Å². The van der Waals surface area contributed by atoms with Gasteiger partial charge in [-0.25, -0.2) is 0 Å². The van der Waals surface area contributed by atoms with E-state index in [1.807, 2.05) is 30.3 Å². The molecule has 0 radical (unpaired) electrons. The van der Waals surface area contributed by atoms with Crippen molar-refractivity contribution < 1.29 is 41.2 Å². The van der Waals surface area contributed by atoms with Crippen LogP contribution in [-0.4, -0.2) is 24.6 Å². The molecule has 1 spiro atoms. The van der Waals surface area contributed by atoms with Gasteiger partial charge in [0.05, 0.1) is 29.3 Å². The van der Waals surface area contributed by atoms with E-state index in [0.717, 1.165) is 12.0 Å². The Morgan fingerprint density at radius 2 is 1.60 bits per heavy atom. The third-order valence-electron chi connectivity index (χ3n) is 7.19. The third kappa shape index (κ3) is 5.48. The maximum atomic E-state index is 13.3. The summed E-state index contributed by atoms with van der Waals surface area (Å²) in [4.78, 5) is 11.8. The fourth-order valence-corrected chi connectivity index (χ4v) is 5.00. The maximum Gasteiger partial charge on any atom is 0.416 e. The molecule has 3 N–H and O–H groups in total. The van der Waals surface area contributed by atoms with Crippen LogP contribution in [-0.2, 0) is 27.4 Å². The van der Waals surface area contributed by atoms with Crippen LogP contribution >= 0.6 is 0 Å². The number of ether oxygens (including phenoxy) is 1. The first-order valence-electron chi connectivity index (χ1n) is 11.4. The number of nitrogens with one attached hydrogen (secondary N) is 1. The van der Waals surface area contributed by atoms with Crippen molar-refractivity contribution in [3.63, 3.8) is 0 Å². The summed E-state index contributed by atoms with van der Waals surface area (Å²) in [5, 5.41) is 5.15. The minimum Gasteiger partial charge on any atom is -0.367 e. The van der Waals surface area contributed by atoms with Crippen LogP contribution in [0.25, 0.3) is 0 Å². The molecule has 2 aromatic rings. The Balaban J connectivity index is 1.58. The fraction of sp³-hybridized carbons (Fsp3) is 0.480. The summed E-state index contributed by atoms with van der Waals surface area (Å²) < 4.78 is 85.7. The standard InChI is InChI=1S/C25H26F6N2O2/c1-16(17-11-19(24(26,27)28)13-20(12-17)25(29,30)31)35-15-23(18-5-3-2-4-6-18)10-9-22(14-32-23)8-7-21(34)33-22/h2-6,11-13,16,32H,7-10,14-15H2,1H3,(H,33,34)/p+1/t16-,22-,23-/m1/s1. The van der Waals surface area contributed by atoms with Gasteiger partial charge in [0.25, 0.3) is 0 Å². The second-order valence-electron chi connectivity index (χ2n) is 9.55. The number of alkyl halides is 6. The van der Waals surface area contributed by atoms with Crippen LogP contribution in [0.3, 0.4) is 0 Å². The van der Waals surface area contributed by atoms with E-state index in [1.165, 1.54) is 6.92 Å². The normalized spacial score (nSPS) is 26.1. The molecule has 0 saturated carbocycles. The number of hydrogen-bond acceptors (Lipinski definition) is 2. The Morgan fingerprint density at radius 1 is 0.971 bits per heavy atom. The molecule has 3 atom stereocenters. The summed E-state index contributed by atoms with van der Waals surface area (Å²) in [6.07, 6.45) is -8.32. The topological polar surface area (TPSA) is 54.9 Å². The first-order chi connectivity index (χ1) is 16.3. The van der Waals surface area contributed by atoms with Crippen molar-refractivity contribution in [2.75, 3.05) is 13.2 Å². The van der Waals surface area contributed by atoms with Crippen molar-refractivity contribution in [1.29, 1.82) is 0 Å². The van der Waals surface area contributed by atoms with E-state index in [4.69, 9.17) is 4.74 Å². The molecule has 10 heteroatoms. The lowest BCUT2D eigenvalue weighted by molar-refractivity contribution is -0.754. The number of amides is 1. The van der Waals surface area contributed by atoms with Gasteiger partial charge in [0.1, 0.15) is 12.1 Å². The van der Waals surface area contributed by atoms with Crippen molar-refractivity contribution in [3.05, 3.63) is 70.8 Å². The van der Waals surface area contributed by atoms with Crippen LogP contribution in [0, 0.1) is 0 Å². The Morgan fingerprint density at radius 3 is 2.09 bits per heavy atom. The summed E-state index contributed by atoms with van der Waals surface area (Å²) in [7, 11) is 0. The van der Waals surface area contributed by atoms with Crippen LogP contribution in [0.2, 0.25) is 0 Å². The van der Waals surface area contributed by atoms with Crippen molar-refractivity contribution in [3.8, 4) is 0 Å². The van der Waals surface area contributed by atoms with Crippen LogP contribution < -0.4 is 10.6 Å². The second kappa shape index (κ2) is 9.13. The molecular formula is C25H27F6N2O2+. The van der Waals surface area contributed by atoms with E-state index < -0.39 is 35.1 Å². The molecule has 0 aromatic heterocycles. The van der Waals surface area contributed by atoms with Crippen LogP contribution in [0.15, 0.2) is 48.5 Å². The Hall–Kier alpha value is -2.59. The number of carbonyl (C=O) groups is 1. The zero-order valence-corrected chi connectivity index (χ0v) is 19.1. The molecule has 0 unspecified atom stereocenters. The molecule has 0 aliphatic carbocycles. The van der Waals surface area contributed by atoms with Crippen molar-refractivity contribution in [1.82, 2.24) is 5.32 Å². The number of quaternary nitrogens is 1. The summed E-state index contributed by atoms with van der Waals surface area (Å²) in [6.45, 7) is 2.14. The Labute approximate surface area is 199 Å². The molecule has 2 aliphatic heterocycles. The van der Waals surface area contributed by atoms with E-state index in [1.54, 1.807) is 0 Å². The predicted octanol–water partition coefficient (Wildman–Crippen LogP) is 4.70. The summed E-state index contributed by atoms with van der Waals surface area (Å²) in [5.74, 6) is 0.0144. The van der Waals surface area contributed by atoms with Gasteiger partial charge in [-0.1, -0.05) is 30.3 Å². The molecular weight excluding hydrogens is 474 g/mol. The SMILES string of the molecule is C[C@@H](OC[C@@]1(c2ccccc2)CC[C@]2(CCC(=O)N2)C[NH2+]1)c1cc(C(F)(F)F)cc(C(F)(F)F)c1. The van der Waals surface area contributed by atoms with Gasteiger partial charge in [-0.05, 0) is 43.5 Å².